The first kappa shape index (κ1) is 23.8. The molecule has 1 unspecified atom stereocenters. The van der Waals surface area contributed by atoms with Crippen molar-refractivity contribution in [1.82, 2.24) is 14.6 Å². The van der Waals surface area contributed by atoms with Crippen molar-refractivity contribution in [2.45, 2.75) is 37.5 Å². The van der Waals surface area contributed by atoms with Crippen LogP contribution in [0.5, 0.6) is 0 Å². The maximum Gasteiger partial charge on any atom is 0.243 e. The molecule has 0 bridgehead atoms. The van der Waals surface area contributed by atoms with Crippen LogP contribution in [0.2, 0.25) is 0 Å². The van der Waals surface area contributed by atoms with E-state index in [1.54, 1.807) is 18.3 Å². The van der Waals surface area contributed by atoms with E-state index in [2.05, 4.69) is 17.2 Å². The Kier molecular flexibility index (Phi) is 7.85. The van der Waals surface area contributed by atoms with E-state index < -0.39 is 10.0 Å². The van der Waals surface area contributed by atoms with E-state index in [1.807, 2.05) is 91.0 Å². The van der Waals surface area contributed by atoms with Gasteiger partial charge in [0.2, 0.25) is 10.0 Å². The van der Waals surface area contributed by atoms with Gasteiger partial charge in [-0.2, -0.15) is 4.31 Å². The second kappa shape index (κ2) is 11.2. The van der Waals surface area contributed by atoms with Crippen LogP contribution >= 0.6 is 0 Å². The Bertz CT molecular complexity index is 1220. The standard InChI is InChI=1S/C28H29N3O2S/c1-23(28-14-8-9-19-29-28)30-20-24-15-17-27(18-16-24)34(32,33)31(21-25-10-4-2-5-11-25)22-26-12-6-3-7-13-26/h2-19,23,30H,20-22H2,1H3. The van der Waals surface area contributed by atoms with Crippen LogP contribution < -0.4 is 5.32 Å². The van der Waals surface area contributed by atoms with Gasteiger partial charge < -0.3 is 5.32 Å². The van der Waals surface area contributed by atoms with E-state index in [4.69, 9.17) is 0 Å². The summed E-state index contributed by atoms with van der Waals surface area (Å²) in [7, 11) is -3.69. The minimum atomic E-state index is -3.69. The van der Waals surface area contributed by atoms with Crippen molar-refractivity contribution in [2.75, 3.05) is 0 Å². The third-order valence-electron chi connectivity index (χ3n) is 5.71. The summed E-state index contributed by atoms with van der Waals surface area (Å²) in [6.07, 6.45) is 1.78. The number of nitrogens with zero attached hydrogens (tertiary/aromatic N) is 2. The molecule has 0 saturated carbocycles. The Morgan fingerprint density at radius 1 is 0.735 bits per heavy atom. The first-order valence-corrected chi connectivity index (χ1v) is 12.8. The number of hydrogen-bond acceptors (Lipinski definition) is 4. The molecule has 6 heteroatoms. The number of sulfonamides is 1. The van der Waals surface area contributed by atoms with E-state index in [-0.39, 0.29) is 6.04 Å². The summed E-state index contributed by atoms with van der Waals surface area (Å²) in [6, 6.07) is 32.4. The molecule has 0 fully saturated rings. The van der Waals surface area contributed by atoms with Crippen molar-refractivity contribution in [3.8, 4) is 0 Å². The zero-order valence-electron chi connectivity index (χ0n) is 19.2. The van der Waals surface area contributed by atoms with Crippen LogP contribution in [0.1, 0.15) is 35.3 Å². The summed E-state index contributed by atoms with van der Waals surface area (Å²) in [5.41, 5.74) is 3.89. The molecule has 0 saturated heterocycles. The highest BCUT2D eigenvalue weighted by molar-refractivity contribution is 7.89. The molecule has 1 heterocycles. The van der Waals surface area contributed by atoms with Gasteiger partial charge in [-0.05, 0) is 47.9 Å². The lowest BCUT2D eigenvalue weighted by Crippen LogP contribution is -2.30. The van der Waals surface area contributed by atoms with Crippen LogP contribution in [0.3, 0.4) is 0 Å². The van der Waals surface area contributed by atoms with Gasteiger partial charge in [-0.1, -0.05) is 78.9 Å². The smallest absolute Gasteiger partial charge is 0.243 e. The molecule has 1 atom stereocenters. The van der Waals surface area contributed by atoms with Crippen molar-refractivity contribution >= 4 is 10.0 Å². The quantitative estimate of drug-likeness (QED) is 0.340. The highest BCUT2D eigenvalue weighted by atomic mass is 32.2. The minimum absolute atomic E-state index is 0.0943. The summed E-state index contributed by atoms with van der Waals surface area (Å²) in [4.78, 5) is 4.67. The number of rotatable bonds is 10. The van der Waals surface area contributed by atoms with Gasteiger partial charge in [0.05, 0.1) is 10.6 Å². The lowest BCUT2D eigenvalue weighted by Gasteiger charge is -2.23. The van der Waals surface area contributed by atoms with E-state index in [0.29, 0.717) is 24.5 Å². The fraction of sp³-hybridized carbons (Fsp3) is 0.179. The number of aromatic nitrogens is 1. The molecular weight excluding hydrogens is 442 g/mol. The molecule has 174 valence electrons. The first-order valence-electron chi connectivity index (χ1n) is 11.3. The van der Waals surface area contributed by atoms with Crippen LogP contribution in [-0.4, -0.2) is 17.7 Å². The SMILES string of the molecule is CC(NCc1ccc(S(=O)(=O)N(Cc2ccccc2)Cc2ccccc2)cc1)c1ccccn1. The molecule has 1 N–H and O–H groups in total. The molecule has 5 nitrogen and oxygen atoms in total. The minimum Gasteiger partial charge on any atom is -0.305 e. The molecule has 0 amide bonds. The van der Waals surface area contributed by atoms with Gasteiger partial charge in [-0.15, -0.1) is 0 Å². The molecule has 34 heavy (non-hydrogen) atoms. The van der Waals surface area contributed by atoms with Crippen LogP contribution in [0.15, 0.2) is 114 Å². The third-order valence-corrected chi connectivity index (χ3v) is 7.51. The number of nitrogens with one attached hydrogen (secondary N) is 1. The second-order valence-electron chi connectivity index (χ2n) is 8.25. The van der Waals surface area contributed by atoms with Crippen molar-refractivity contribution in [1.29, 1.82) is 0 Å². The lowest BCUT2D eigenvalue weighted by molar-refractivity contribution is 0.401. The molecule has 0 radical (unpaired) electrons. The predicted molar refractivity (Wildman–Crippen MR) is 135 cm³/mol. The third kappa shape index (κ3) is 6.17. The van der Waals surface area contributed by atoms with Crippen molar-refractivity contribution in [2.24, 2.45) is 0 Å². The summed E-state index contributed by atoms with van der Waals surface area (Å²) in [5, 5.41) is 3.44. The zero-order valence-corrected chi connectivity index (χ0v) is 20.0. The fourth-order valence-electron chi connectivity index (χ4n) is 3.74. The van der Waals surface area contributed by atoms with Crippen LogP contribution in [0.25, 0.3) is 0 Å². The van der Waals surface area contributed by atoms with Crippen molar-refractivity contribution < 1.29 is 8.42 Å². The Labute approximate surface area is 202 Å². The Morgan fingerprint density at radius 3 is 1.82 bits per heavy atom. The normalized spacial score (nSPS) is 12.5. The molecule has 0 spiro atoms. The first-order chi connectivity index (χ1) is 16.5. The molecule has 3 aromatic carbocycles. The summed E-state index contributed by atoms with van der Waals surface area (Å²) in [5.74, 6) is 0. The van der Waals surface area contributed by atoms with Gasteiger partial charge in [0.15, 0.2) is 0 Å². The number of pyridine rings is 1. The average molecular weight is 472 g/mol. The lowest BCUT2D eigenvalue weighted by atomic mass is 10.2. The predicted octanol–water partition coefficient (Wildman–Crippen LogP) is 5.32. The van der Waals surface area contributed by atoms with Gasteiger partial charge in [-0.3, -0.25) is 4.98 Å². The van der Waals surface area contributed by atoms with Crippen LogP contribution in [0, 0.1) is 0 Å². The van der Waals surface area contributed by atoms with E-state index >= 15 is 0 Å². The van der Waals surface area contributed by atoms with Gasteiger partial charge in [0.25, 0.3) is 0 Å². The van der Waals surface area contributed by atoms with E-state index in [9.17, 15) is 8.42 Å². The van der Waals surface area contributed by atoms with E-state index in [0.717, 1.165) is 22.4 Å². The van der Waals surface area contributed by atoms with Crippen molar-refractivity contribution in [3.05, 3.63) is 132 Å². The van der Waals surface area contributed by atoms with Crippen LogP contribution in [-0.2, 0) is 29.7 Å². The Balaban J connectivity index is 1.50. The maximum absolute atomic E-state index is 13.6. The monoisotopic (exact) mass is 471 g/mol. The maximum atomic E-state index is 13.6. The van der Waals surface area contributed by atoms with Gasteiger partial charge in [-0.25, -0.2) is 8.42 Å². The summed E-state index contributed by atoms with van der Waals surface area (Å²) in [6.45, 7) is 3.30. The highest BCUT2D eigenvalue weighted by Crippen LogP contribution is 2.22. The van der Waals surface area contributed by atoms with Gasteiger partial charge in [0.1, 0.15) is 0 Å². The van der Waals surface area contributed by atoms with Gasteiger partial charge in [0, 0.05) is 31.9 Å². The molecule has 4 aromatic rings. The van der Waals surface area contributed by atoms with Gasteiger partial charge >= 0.3 is 0 Å². The Morgan fingerprint density at radius 2 is 1.29 bits per heavy atom. The van der Waals surface area contributed by atoms with Crippen molar-refractivity contribution in [3.63, 3.8) is 0 Å². The molecule has 0 aliphatic rings. The zero-order chi connectivity index (χ0) is 23.8. The summed E-state index contributed by atoms with van der Waals surface area (Å²) < 4.78 is 28.7. The van der Waals surface area contributed by atoms with Crippen LogP contribution in [0.4, 0.5) is 0 Å². The largest absolute Gasteiger partial charge is 0.305 e. The molecule has 0 aliphatic heterocycles. The highest BCUT2D eigenvalue weighted by Gasteiger charge is 2.25. The Hall–Kier alpha value is -3.32. The van der Waals surface area contributed by atoms with E-state index in [1.165, 1.54) is 4.31 Å². The molecule has 4 rings (SSSR count). The number of hydrogen-bond donors (Lipinski definition) is 1. The average Bonchev–Trinajstić information content (AvgIpc) is 2.89. The topological polar surface area (TPSA) is 62.3 Å². The second-order valence-corrected chi connectivity index (χ2v) is 10.2. The molecule has 0 aliphatic carbocycles. The summed E-state index contributed by atoms with van der Waals surface area (Å²) >= 11 is 0. The molecule has 1 aromatic heterocycles. The fourth-order valence-corrected chi connectivity index (χ4v) is 5.15. The molecular formula is C28H29N3O2S. The number of benzene rings is 3.